The van der Waals surface area contributed by atoms with Gasteiger partial charge in [0.25, 0.3) is 0 Å². The molecule has 3 nitrogen and oxygen atoms in total. The van der Waals surface area contributed by atoms with Crippen LogP contribution in [0.25, 0.3) is 10.8 Å². The van der Waals surface area contributed by atoms with Gasteiger partial charge in [0.05, 0.1) is 18.1 Å². The van der Waals surface area contributed by atoms with Crippen LogP contribution in [-0.2, 0) is 0 Å². The van der Waals surface area contributed by atoms with Crippen LogP contribution in [0.2, 0.25) is 0 Å². The molecule has 2 aromatic rings. The third-order valence-electron chi connectivity index (χ3n) is 2.22. The molecule has 2 N–H and O–H groups in total. The van der Waals surface area contributed by atoms with Crippen LogP contribution in [0.15, 0.2) is 30.5 Å². The number of nitrogens with zero attached hydrogens (tertiary/aromatic N) is 2. The van der Waals surface area contributed by atoms with Crippen LogP contribution in [0.1, 0.15) is 12.0 Å². The van der Waals surface area contributed by atoms with Crippen molar-refractivity contribution in [3.63, 3.8) is 0 Å². The maximum atomic E-state index is 8.41. The van der Waals surface area contributed by atoms with Gasteiger partial charge < -0.3 is 5.73 Å². The maximum absolute atomic E-state index is 8.41. The lowest BCUT2D eigenvalue weighted by Crippen LogP contribution is -1.93. The smallest absolute Gasteiger partial charge is 0.131 e. The average Bonchev–Trinajstić information content (AvgIpc) is 2.33. The lowest BCUT2D eigenvalue weighted by atomic mass is 10.1. The molecule has 1 aromatic heterocycles. The van der Waals surface area contributed by atoms with Crippen molar-refractivity contribution in [1.29, 1.82) is 5.26 Å². The summed E-state index contributed by atoms with van der Waals surface area (Å²) in [5.41, 5.74) is 6.57. The van der Waals surface area contributed by atoms with Crippen molar-refractivity contribution >= 4 is 16.6 Å². The van der Waals surface area contributed by atoms with Gasteiger partial charge in [-0.1, -0.05) is 36.1 Å². The lowest BCUT2D eigenvalue weighted by Gasteiger charge is -2.02. The monoisotopic (exact) mass is 207 g/mol. The number of nitriles is 1. The van der Waals surface area contributed by atoms with E-state index in [2.05, 4.69) is 16.8 Å². The van der Waals surface area contributed by atoms with E-state index in [-0.39, 0.29) is 6.42 Å². The highest BCUT2D eigenvalue weighted by molar-refractivity contribution is 5.94. The number of aromatic nitrogens is 1. The summed E-state index contributed by atoms with van der Waals surface area (Å²) in [6, 6.07) is 9.67. The highest BCUT2D eigenvalue weighted by Gasteiger charge is 2.01. The number of benzene rings is 1. The first-order valence-electron chi connectivity index (χ1n) is 4.82. The van der Waals surface area contributed by atoms with E-state index >= 15 is 0 Å². The number of hydrogen-bond donors (Lipinski definition) is 1. The van der Waals surface area contributed by atoms with Crippen molar-refractivity contribution in [1.82, 2.24) is 4.98 Å². The predicted molar refractivity (Wildman–Crippen MR) is 63.3 cm³/mol. The van der Waals surface area contributed by atoms with Crippen molar-refractivity contribution in [3.05, 3.63) is 36.0 Å². The Morgan fingerprint density at radius 2 is 2.00 bits per heavy atom. The van der Waals surface area contributed by atoms with E-state index in [0.29, 0.717) is 5.82 Å². The first-order chi connectivity index (χ1) is 7.83. The maximum Gasteiger partial charge on any atom is 0.131 e. The summed E-state index contributed by atoms with van der Waals surface area (Å²) < 4.78 is 0. The van der Waals surface area contributed by atoms with Gasteiger partial charge in [0.2, 0.25) is 0 Å². The topological polar surface area (TPSA) is 62.7 Å². The molecule has 0 fully saturated rings. The lowest BCUT2D eigenvalue weighted by molar-refractivity contribution is 1.35. The van der Waals surface area contributed by atoms with Crippen molar-refractivity contribution in [2.24, 2.45) is 0 Å². The number of rotatable bonds is 0. The quantitative estimate of drug-likeness (QED) is 0.673. The summed E-state index contributed by atoms with van der Waals surface area (Å²) in [5, 5.41) is 10.3. The normalized spacial score (nSPS) is 9.19. The van der Waals surface area contributed by atoms with Gasteiger partial charge in [-0.2, -0.15) is 5.26 Å². The molecule has 2 rings (SSSR count). The zero-order chi connectivity index (χ0) is 11.4. The zero-order valence-corrected chi connectivity index (χ0v) is 8.57. The first-order valence-corrected chi connectivity index (χ1v) is 4.82. The van der Waals surface area contributed by atoms with Gasteiger partial charge in [-0.05, 0) is 0 Å². The fourth-order valence-electron chi connectivity index (χ4n) is 1.49. The first kappa shape index (κ1) is 10.0. The predicted octanol–water partition coefficient (Wildman–Crippen LogP) is 2.08. The van der Waals surface area contributed by atoms with E-state index < -0.39 is 0 Å². The summed E-state index contributed by atoms with van der Waals surface area (Å²) in [5.74, 6) is 6.20. The number of hydrogen-bond acceptors (Lipinski definition) is 3. The second kappa shape index (κ2) is 4.33. The van der Waals surface area contributed by atoms with Crippen LogP contribution in [0.4, 0.5) is 5.82 Å². The Kier molecular flexibility index (Phi) is 2.71. The molecule has 0 saturated heterocycles. The molecular weight excluding hydrogens is 198 g/mol. The average molecular weight is 207 g/mol. The Bertz CT molecular complexity index is 627. The van der Waals surface area contributed by atoms with E-state index in [1.165, 1.54) is 0 Å². The third kappa shape index (κ3) is 1.80. The van der Waals surface area contributed by atoms with Crippen LogP contribution < -0.4 is 5.73 Å². The summed E-state index contributed by atoms with van der Waals surface area (Å²) in [6.45, 7) is 0. The molecule has 0 bridgehead atoms. The summed E-state index contributed by atoms with van der Waals surface area (Å²) in [7, 11) is 0. The van der Waals surface area contributed by atoms with Crippen molar-refractivity contribution in [3.8, 4) is 17.9 Å². The molecule has 0 spiro atoms. The standard InChI is InChI=1S/C13H9N3/c14-8-4-3-5-10-9-16-13(15)12-7-2-1-6-11(10)12/h1-2,6-7,9H,4H2,(H2,15,16). The van der Waals surface area contributed by atoms with Gasteiger partial charge in [0, 0.05) is 17.0 Å². The fraction of sp³-hybridized carbons (Fsp3) is 0.0769. The minimum absolute atomic E-state index is 0.221. The molecule has 0 saturated carbocycles. The van der Waals surface area contributed by atoms with Crippen molar-refractivity contribution < 1.29 is 0 Å². The third-order valence-corrected chi connectivity index (χ3v) is 2.22. The van der Waals surface area contributed by atoms with E-state index in [9.17, 15) is 0 Å². The summed E-state index contributed by atoms with van der Waals surface area (Å²) in [6.07, 6.45) is 1.86. The number of fused-ring (bicyclic) bond motifs is 1. The number of anilines is 1. The van der Waals surface area contributed by atoms with E-state index in [1.807, 2.05) is 30.3 Å². The largest absolute Gasteiger partial charge is 0.383 e. The van der Waals surface area contributed by atoms with Gasteiger partial charge in [0.15, 0.2) is 0 Å². The Morgan fingerprint density at radius 1 is 1.25 bits per heavy atom. The minimum atomic E-state index is 0.221. The molecule has 0 aliphatic carbocycles. The molecule has 0 radical (unpaired) electrons. The highest BCUT2D eigenvalue weighted by Crippen LogP contribution is 2.21. The second-order valence-corrected chi connectivity index (χ2v) is 3.24. The highest BCUT2D eigenvalue weighted by atomic mass is 14.8. The fourth-order valence-corrected chi connectivity index (χ4v) is 1.49. The van der Waals surface area contributed by atoms with Crippen LogP contribution >= 0.6 is 0 Å². The number of pyridine rings is 1. The van der Waals surface area contributed by atoms with Crippen LogP contribution in [-0.4, -0.2) is 4.98 Å². The van der Waals surface area contributed by atoms with Gasteiger partial charge in [-0.15, -0.1) is 0 Å². The zero-order valence-electron chi connectivity index (χ0n) is 8.57. The Morgan fingerprint density at radius 3 is 2.75 bits per heavy atom. The molecule has 0 unspecified atom stereocenters. The van der Waals surface area contributed by atoms with Gasteiger partial charge >= 0.3 is 0 Å². The molecule has 3 heteroatoms. The van der Waals surface area contributed by atoms with Crippen LogP contribution in [0, 0.1) is 23.2 Å². The molecule has 0 atom stereocenters. The van der Waals surface area contributed by atoms with E-state index in [1.54, 1.807) is 6.20 Å². The molecule has 0 aliphatic heterocycles. The summed E-state index contributed by atoms with van der Waals surface area (Å²) >= 11 is 0. The number of nitrogens with two attached hydrogens (primary N) is 1. The Labute approximate surface area is 93.5 Å². The second-order valence-electron chi connectivity index (χ2n) is 3.24. The molecule has 0 amide bonds. The van der Waals surface area contributed by atoms with E-state index in [4.69, 9.17) is 11.0 Å². The number of nitrogen functional groups attached to an aromatic ring is 1. The molecule has 16 heavy (non-hydrogen) atoms. The molecular formula is C13H9N3. The van der Waals surface area contributed by atoms with Crippen molar-refractivity contribution in [2.75, 3.05) is 5.73 Å². The molecule has 0 aliphatic rings. The van der Waals surface area contributed by atoms with Gasteiger partial charge in [-0.25, -0.2) is 4.98 Å². The van der Waals surface area contributed by atoms with E-state index in [0.717, 1.165) is 16.3 Å². The van der Waals surface area contributed by atoms with Crippen LogP contribution in [0.3, 0.4) is 0 Å². The SMILES string of the molecule is N#CCC#Cc1cnc(N)c2ccccc12. The molecule has 1 aromatic carbocycles. The Hall–Kier alpha value is -2.52. The van der Waals surface area contributed by atoms with Gasteiger partial charge in [0.1, 0.15) is 5.82 Å². The summed E-state index contributed by atoms with van der Waals surface area (Å²) in [4.78, 5) is 4.08. The Balaban J connectivity index is 2.61. The van der Waals surface area contributed by atoms with Crippen LogP contribution in [0.5, 0.6) is 0 Å². The van der Waals surface area contributed by atoms with Gasteiger partial charge in [-0.3, -0.25) is 0 Å². The molecule has 76 valence electrons. The van der Waals surface area contributed by atoms with Crippen molar-refractivity contribution in [2.45, 2.75) is 6.42 Å². The minimum Gasteiger partial charge on any atom is -0.383 e. The molecule has 1 heterocycles.